The van der Waals surface area contributed by atoms with Gasteiger partial charge in [-0.05, 0) is 24.3 Å². The average molecular weight is 372 g/mol. The van der Waals surface area contributed by atoms with Gasteiger partial charge in [-0.15, -0.1) is 11.8 Å². The topological polar surface area (TPSA) is 68.7 Å². The van der Waals surface area contributed by atoms with Crippen LogP contribution in [0, 0.1) is 0 Å². The van der Waals surface area contributed by atoms with E-state index in [1.54, 1.807) is 42.1 Å². The van der Waals surface area contributed by atoms with Crippen molar-refractivity contribution < 1.29 is 19.1 Å². The van der Waals surface area contributed by atoms with E-state index >= 15 is 0 Å². The van der Waals surface area contributed by atoms with Crippen molar-refractivity contribution in [3.8, 4) is 11.5 Å². The van der Waals surface area contributed by atoms with E-state index in [2.05, 4.69) is 4.98 Å². The van der Waals surface area contributed by atoms with E-state index in [-0.39, 0.29) is 23.5 Å². The van der Waals surface area contributed by atoms with E-state index in [1.807, 2.05) is 24.3 Å². The third-order valence-electron chi connectivity index (χ3n) is 4.06. The number of rotatable bonds is 7. The van der Waals surface area contributed by atoms with Crippen LogP contribution >= 0.6 is 11.8 Å². The van der Waals surface area contributed by atoms with Crippen LogP contribution in [0.4, 0.5) is 0 Å². The number of ketones is 1. The fourth-order valence-corrected chi connectivity index (χ4v) is 3.85. The fourth-order valence-electron chi connectivity index (χ4n) is 2.71. The zero-order chi connectivity index (χ0) is 18.4. The molecule has 26 heavy (non-hydrogen) atoms. The third kappa shape index (κ3) is 4.35. The molecule has 1 aromatic heterocycles. The Labute approximate surface area is 156 Å². The first-order valence-electron chi connectivity index (χ1n) is 8.29. The molecule has 0 N–H and O–H groups in total. The Morgan fingerprint density at radius 1 is 1.23 bits per heavy atom. The van der Waals surface area contributed by atoms with Crippen LogP contribution in [0.1, 0.15) is 16.8 Å². The first kappa shape index (κ1) is 18.3. The fraction of sp³-hybridized carbons (Fsp3) is 0.316. The monoisotopic (exact) mass is 372 g/mol. The second kappa shape index (κ2) is 8.71. The molecule has 0 unspecified atom stereocenters. The standard InChI is InChI=1S/C19H20N2O4S/c1-24-16-6-2-3-7-17(16)25-13-19-21(9-10-26-19)18(23)11-15(22)14-5-4-8-20-12-14/h2-8,12,19H,9-11,13H2,1H3/t19-/m1/s1. The summed E-state index contributed by atoms with van der Waals surface area (Å²) in [5, 5.41) is -0.117. The Kier molecular flexibility index (Phi) is 6.12. The number of benzene rings is 1. The summed E-state index contributed by atoms with van der Waals surface area (Å²) in [6.45, 7) is 0.960. The highest BCUT2D eigenvalue weighted by Gasteiger charge is 2.31. The summed E-state index contributed by atoms with van der Waals surface area (Å²) in [5.74, 6) is 1.72. The number of carbonyl (C=O) groups excluding carboxylic acids is 2. The molecule has 6 nitrogen and oxygen atoms in total. The maximum atomic E-state index is 12.6. The molecule has 1 aromatic carbocycles. The number of nitrogens with zero attached hydrogens (tertiary/aromatic N) is 2. The average Bonchev–Trinajstić information content (AvgIpc) is 3.16. The molecule has 0 saturated carbocycles. The van der Waals surface area contributed by atoms with Crippen molar-refractivity contribution in [2.45, 2.75) is 11.8 Å². The van der Waals surface area contributed by atoms with Crippen molar-refractivity contribution in [1.29, 1.82) is 0 Å². The van der Waals surface area contributed by atoms with Gasteiger partial charge >= 0.3 is 0 Å². The second-order valence-corrected chi connectivity index (χ2v) is 7.00. The van der Waals surface area contributed by atoms with E-state index in [4.69, 9.17) is 9.47 Å². The van der Waals surface area contributed by atoms with Crippen LogP contribution in [-0.4, -0.2) is 53.0 Å². The summed E-state index contributed by atoms with van der Waals surface area (Å²) in [4.78, 5) is 30.4. The van der Waals surface area contributed by atoms with Gasteiger partial charge in [-0.3, -0.25) is 14.6 Å². The lowest BCUT2D eigenvalue weighted by Crippen LogP contribution is -2.39. The second-order valence-electron chi connectivity index (χ2n) is 5.72. The number of hydrogen-bond acceptors (Lipinski definition) is 6. The number of hydrogen-bond donors (Lipinski definition) is 0. The summed E-state index contributed by atoms with van der Waals surface area (Å²) in [5.41, 5.74) is 0.453. The summed E-state index contributed by atoms with van der Waals surface area (Å²) in [6, 6.07) is 10.8. The normalized spacial score (nSPS) is 16.3. The van der Waals surface area contributed by atoms with Gasteiger partial charge in [-0.25, -0.2) is 0 Å². The number of pyridine rings is 1. The molecule has 2 aromatic rings. The summed E-state index contributed by atoms with van der Waals surface area (Å²) in [6.07, 6.45) is 2.93. The molecule has 2 heterocycles. The lowest BCUT2D eigenvalue weighted by molar-refractivity contribution is -0.130. The molecule has 3 rings (SSSR count). The number of thioether (sulfide) groups is 1. The number of ether oxygens (including phenoxy) is 2. The summed E-state index contributed by atoms with van der Waals surface area (Å²) < 4.78 is 11.1. The van der Waals surface area contributed by atoms with Crippen molar-refractivity contribution in [3.05, 3.63) is 54.4 Å². The van der Waals surface area contributed by atoms with Gasteiger partial charge in [0.15, 0.2) is 17.3 Å². The smallest absolute Gasteiger partial charge is 0.231 e. The minimum atomic E-state index is -0.218. The van der Waals surface area contributed by atoms with E-state index in [9.17, 15) is 9.59 Å². The van der Waals surface area contributed by atoms with Gasteiger partial charge in [0.05, 0.1) is 13.5 Å². The highest BCUT2D eigenvalue weighted by atomic mass is 32.2. The Morgan fingerprint density at radius 2 is 2.04 bits per heavy atom. The zero-order valence-corrected chi connectivity index (χ0v) is 15.3. The van der Waals surface area contributed by atoms with E-state index in [1.165, 1.54) is 6.20 Å². The number of amides is 1. The molecular formula is C19H20N2O4S. The molecule has 0 spiro atoms. The summed E-state index contributed by atoms with van der Waals surface area (Å²) >= 11 is 1.65. The number of Topliss-reactive ketones (excluding diaryl/α,β-unsaturated/α-hetero) is 1. The van der Waals surface area contributed by atoms with Crippen molar-refractivity contribution in [2.75, 3.05) is 26.0 Å². The Bertz CT molecular complexity index is 769. The maximum Gasteiger partial charge on any atom is 0.231 e. The van der Waals surface area contributed by atoms with E-state index in [0.29, 0.717) is 30.2 Å². The van der Waals surface area contributed by atoms with Crippen LogP contribution in [0.15, 0.2) is 48.8 Å². The van der Waals surface area contributed by atoms with Crippen molar-refractivity contribution in [1.82, 2.24) is 9.88 Å². The van der Waals surface area contributed by atoms with E-state index < -0.39 is 0 Å². The van der Waals surface area contributed by atoms with Crippen LogP contribution in [-0.2, 0) is 4.79 Å². The molecule has 1 aliphatic rings. The zero-order valence-electron chi connectivity index (χ0n) is 14.5. The SMILES string of the molecule is COc1ccccc1OC[C@H]1SCCN1C(=O)CC(=O)c1cccnc1. The Hall–Kier alpha value is -2.54. The molecular weight excluding hydrogens is 352 g/mol. The lowest BCUT2D eigenvalue weighted by Gasteiger charge is -2.24. The van der Waals surface area contributed by atoms with Crippen molar-refractivity contribution in [3.63, 3.8) is 0 Å². The Morgan fingerprint density at radius 3 is 2.77 bits per heavy atom. The molecule has 0 aliphatic carbocycles. The molecule has 0 radical (unpaired) electrons. The van der Waals surface area contributed by atoms with Crippen molar-refractivity contribution in [2.24, 2.45) is 0 Å². The number of carbonyl (C=O) groups is 2. The van der Waals surface area contributed by atoms with Gasteiger partial charge in [0, 0.05) is 30.3 Å². The number of aromatic nitrogens is 1. The molecule has 1 amide bonds. The molecule has 1 atom stereocenters. The first-order chi connectivity index (χ1) is 12.7. The first-order valence-corrected chi connectivity index (χ1v) is 9.34. The molecule has 1 aliphatic heterocycles. The van der Waals surface area contributed by atoms with Gasteiger partial charge < -0.3 is 14.4 Å². The van der Waals surface area contributed by atoms with Crippen LogP contribution in [0.3, 0.4) is 0 Å². The predicted molar refractivity (Wildman–Crippen MR) is 99.6 cm³/mol. The van der Waals surface area contributed by atoms with E-state index in [0.717, 1.165) is 5.75 Å². The molecule has 7 heteroatoms. The lowest BCUT2D eigenvalue weighted by atomic mass is 10.1. The quantitative estimate of drug-likeness (QED) is 0.550. The molecule has 136 valence electrons. The molecule has 1 fully saturated rings. The maximum absolute atomic E-state index is 12.6. The van der Waals surface area contributed by atoms with Gasteiger partial charge in [-0.2, -0.15) is 0 Å². The van der Waals surface area contributed by atoms with Gasteiger partial charge in [0.2, 0.25) is 5.91 Å². The minimum Gasteiger partial charge on any atom is -0.493 e. The van der Waals surface area contributed by atoms with Crippen LogP contribution in [0.5, 0.6) is 11.5 Å². The van der Waals surface area contributed by atoms with Gasteiger partial charge in [-0.1, -0.05) is 12.1 Å². The number of para-hydroxylation sites is 2. The van der Waals surface area contributed by atoms with Crippen LogP contribution in [0.25, 0.3) is 0 Å². The highest BCUT2D eigenvalue weighted by Crippen LogP contribution is 2.29. The number of methoxy groups -OCH3 is 1. The minimum absolute atomic E-state index is 0.117. The molecule has 1 saturated heterocycles. The van der Waals surface area contributed by atoms with Gasteiger partial charge in [0.25, 0.3) is 0 Å². The summed E-state index contributed by atoms with van der Waals surface area (Å²) in [7, 11) is 1.59. The van der Waals surface area contributed by atoms with Crippen LogP contribution < -0.4 is 9.47 Å². The highest BCUT2D eigenvalue weighted by molar-refractivity contribution is 8.00. The van der Waals surface area contributed by atoms with Gasteiger partial charge in [0.1, 0.15) is 12.0 Å². The third-order valence-corrected chi connectivity index (χ3v) is 5.25. The van der Waals surface area contributed by atoms with Crippen molar-refractivity contribution >= 4 is 23.5 Å². The Balaban J connectivity index is 1.59. The van der Waals surface area contributed by atoms with Crippen LogP contribution in [0.2, 0.25) is 0 Å². The largest absolute Gasteiger partial charge is 0.493 e. The molecule has 0 bridgehead atoms. The predicted octanol–water partition coefficient (Wildman–Crippen LogP) is 2.64.